The summed E-state index contributed by atoms with van der Waals surface area (Å²) in [4.78, 5) is 12.8. The van der Waals surface area contributed by atoms with Crippen molar-refractivity contribution in [2.75, 3.05) is 6.79 Å². The summed E-state index contributed by atoms with van der Waals surface area (Å²) in [5, 5.41) is 18.6. The molecule has 4 rings (SSSR count). The first kappa shape index (κ1) is 14.7. The monoisotopic (exact) mass is 326 g/mol. The first-order valence-electron chi connectivity index (χ1n) is 7.53. The summed E-state index contributed by atoms with van der Waals surface area (Å²) in [6.07, 6.45) is 1.67. The fraction of sp³-hybridized carbons (Fsp3) is 0.0500. The minimum atomic E-state index is -0.203. The molecule has 1 aliphatic heterocycles. The van der Waals surface area contributed by atoms with Gasteiger partial charge >= 0.3 is 0 Å². The number of hydrogen-bond acceptors (Lipinski definition) is 5. The van der Waals surface area contributed by atoms with E-state index in [9.17, 15) is 15.3 Å². The van der Waals surface area contributed by atoms with Crippen LogP contribution in [0.3, 0.4) is 0 Å². The molecule has 0 aromatic heterocycles. The van der Waals surface area contributed by atoms with Crippen molar-refractivity contribution in [3.63, 3.8) is 0 Å². The predicted octanol–water partition coefficient (Wildman–Crippen LogP) is 3.50. The van der Waals surface area contributed by atoms with Crippen molar-refractivity contribution in [3.05, 3.63) is 70.3 Å². The zero-order chi connectivity index (χ0) is 17.4. The van der Waals surface area contributed by atoms with Gasteiger partial charge in [-0.05, 0) is 29.3 Å². The standard InChI is InChI=1S/C20H10N2O3/c21-9-13(10-22)19-14-3-1-2-4-15(14)20(23)16(19)7-12-5-6-17-18(8-12)25-11-24-17/h1-8H,11H2/b16-7-. The van der Waals surface area contributed by atoms with Gasteiger partial charge in [-0.25, -0.2) is 0 Å². The number of fused-ring (bicyclic) bond motifs is 2. The van der Waals surface area contributed by atoms with Gasteiger partial charge in [-0.1, -0.05) is 30.3 Å². The zero-order valence-corrected chi connectivity index (χ0v) is 12.9. The van der Waals surface area contributed by atoms with Gasteiger partial charge < -0.3 is 9.47 Å². The Morgan fingerprint density at radius 1 is 1.00 bits per heavy atom. The summed E-state index contributed by atoms with van der Waals surface area (Å²) >= 11 is 0. The molecule has 0 atom stereocenters. The van der Waals surface area contributed by atoms with Crippen LogP contribution in [0.25, 0.3) is 11.6 Å². The van der Waals surface area contributed by atoms with Crippen molar-refractivity contribution >= 4 is 17.4 Å². The van der Waals surface area contributed by atoms with E-state index in [-0.39, 0.29) is 18.1 Å². The largest absolute Gasteiger partial charge is 0.454 e. The molecule has 1 heterocycles. The number of nitrogens with zero attached hydrogens (tertiary/aromatic N) is 2. The number of benzene rings is 2. The van der Waals surface area contributed by atoms with E-state index < -0.39 is 0 Å². The van der Waals surface area contributed by atoms with Gasteiger partial charge in [-0.3, -0.25) is 4.79 Å². The molecule has 25 heavy (non-hydrogen) atoms. The highest BCUT2D eigenvalue weighted by molar-refractivity contribution is 6.29. The molecule has 0 unspecified atom stereocenters. The van der Waals surface area contributed by atoms with Gasteiger partial charge in [0.25, 0.3) is 0 Å². The van der Waals surface area contributed by atoms with Gasteiger partial charge in [-0.15, -0.1) is 0 Å². The molecule has 0 saturated heterocycles. The number of nitriles is 2. The van der Waals surface area contributed by atoms with Crippen molar-refractivity contribution < 1.29 is 14.3 Å². The highest BCUT2D eigenvalue weighted by atomic mass is 16.7. The number of rotatable bonds is 1. The number of carbonyl (C=O) groups excluding carboxylic acids is 1. The number of ether oxygens (including phenoxy) is 2. The van der Waals surface area contributed by atoms with Gasteiger partial charge in [0, 0.05) is 16.7 Å². The van der Waals surface area contributed by atoms with Crippen LogP contribution in [0, 0.1) is 22.7 Å². The summed E-state index contributed by atoms with van der Waals surface area (Å²) in [6, 6.07) is 16.1. The molecule has 0 amide bonds. The topological polar surface area (TPSA) is 83.1 Å². The van der Waals surface area contributed by atoms with Crippen LogP contribution >= 0.6 is 0 Å². The van der Waals surface area contributed by atoms with Gasteiger partial charge in [0.05, 0.1) is 0 Å². The average molecular weight is 326 g/mol. The molecule has 2 aromatic carbocycles. The Morgan fingerprint density at radius 2 is 1.72 bits per heavy atom. The van der Waals surface area contributed by atoms with Crippen LogP contribution < -0.4 is 9.47 Å². The van der Waals surface area contributed by atoms with E-state index in [2.05, 4.69) is 0 Å². The molecule has 0 radical (unpaired) electrons. The summed E-state index contributed by atoms with van der Waals surface area (Å²) in [5.41, 5.74) is 2.46. The Bertz CT molecular complexity index is 1050. The molecule has 5 nitrogen and oxygen atoms in total. The lowest BCUT2D eigenvalue weighted by Crippen LogP contribution is -1.96. The van der Waals surface area contributed by atoms with Crippen LogP contribution in [0.4, 0.5) is 0 Å². The van der Waals surface area contributed by atoms with E-state index in [1.165, 1.54) is 0 Å². The summed E-state index contributed by atoms with van der Waals surface area (Å²) in [7, 11) is 0. The van der Waals surface area contributed by atoms with Crippen LogP contribution in [0.5, 0.6) is 11.5 Å². The maximum Gasteiger partial charge on any atom is 0.231 e. The number of Topliss-reactive ketones (excluding diaryl/α,β-unsaturated/α-hetero) is 1. The molecule has 0 saturated carbocycles. The molecule has 118 valence electrons. The van der Waals surface area contributed by atoms with E-state index in [1.54, 1.807) is 48.5 Å². The Kier molecular flexibility index (Phi) is 3.34. The number of carbonyl (C=O) groups is 1. The fourth-order valence-electron chi connectivity index (χ4n) is 3.02. The third-order valence-electron chi connectivity index (χ3n) is 4.14. The Hall–Kier alpha value is -3.83. The van der Waals surface area contributed by atoms with Crippen molar-refractivity contribution in [3.8, 4) is 23.6 Å². The van der Waals surface area contributed by atoms with Crippen LogP contribution in [-0.4, -0.2) is 12.6 Å². The summed E-state index contributed by atoms with van der Waals surface area (Å²) < 4.78 is 10.6. The molecule has 0 spiro atoms. The van der Waals surface area contributed by atoms with Crippen LogP contribution in [-0.2, 0) is 0 Å². The van der Waals surface area contributed by atoms with Crippen molar-refractivity contribution in [1.29, 1.82) is 10.5 Å². The van der Waals surface area contributed by atoms with Gasteiger partial charge in [0.15, 0.2) is 17.3 Å². The van der Waals surface area contributed by atoms with E-state index >= 15 is 0 Å². The molecule has 2 aliphatic rings. The molecular formula is C20H10N2O3. The molecule has 0 bridgehead atoms. The number of allylic oxidation sites excluding steroid dienone is 3. The van der Waals surface area contributed by atoms with Crippen molar-refractivity contribution in [2.45, 2.75) is 0 Å². The second-order valence-electron chi connectivity index (χ2n) is 5.52. The van der Waals surface area contributed by atoms with Gasteiger partial charge in [0.1, 0.15) is 17.7 Å². The Morgan fingerprint density at radius 3 is 2.48 bits per heavy atom. The molecular weight excluding hydrogens is 316 g/mol. The number of ketones is 1. The van der Waals surface area contributed by atoms with Crippen LogP contribution in [0.15, 0.2) is 53.6 Å². The fourth-order valence-corrected chi connectivity index (χ4v) is 3.02. The quantitative estimate of drug-likeness (QED) is 0.591. The van der Waals surface area contributed by atoms with E-state index in [0.29, 0.717) is 33.8 Å². The third kappa shape index (κ3) is 2.27. The SMILES string of the molecule is N#CC(C#N)=C1/C(=C/c2ccc3c(c2)OCO3)C(=O)c2ccccc21. The van der Waals surface area contributed by atoms with Crippen molar-refractivity contribution in [2.24, 2.45) is 0 Å². The summed E-state index contributed by atoms with van der Waals surface area (Å²) in [6.45, 7) is 0.165. The lowest BCUT2D eigenvalue weighted by Gasteiger charge is -2.03. The van der Waals surface area contributed by atoms with Crippen molar-refractivity contribution in [1.82, 2.24) is 0 Å². The lowest BCUT2D eigenvalue weighted by atomic mass is 9.98. The molecule has 0 N–H and O–H groups in total. The Labute approximate surface area is 143 Å². The first-order chi connectivity index (χ1) is 12.2. The highest BCUT2D eigenvalue weighted by Crippen LogP contribution is 2.40. The predicted molar refractivity (Wildman–Crippen MR) is 89.5 cm³/mol. The zero-order valence-electron chi connectivity index (χ0n) is 12.9. The van der Waals surface area contributed by atoms with Gasteiger partial charge in [-0.2, -0.15) is 10.5 Å². The molecule has 1 aliphatic carbocycles. The summed E-state index contributed by atoms with van der Waals surface area (Å²) in [5.74, 6) is 1.04. The van der Waals surface area contributed by atoms with Gasteiger partial charge in [0.2, 0.25) is 6.79 Å². The number of hydrogen-bond donors (Lipinski definition) is 0. The molecule has 5 heteroatoms. The van der Waals surface area contributed by atoms with E-state index in [1.807, 2.05) is 12.1 Å². The molecule has 2 aromatic rings. The van der Waals surface area contributed by atoms with Crippen LogP contribution in [0.1, 0.15) is 21.5 Å². The maximum atomic E-state index is 12.8. The van der Waals surface area contributed by atoms with Crippen LogP contribution in [0.2, 0.25) is 0 Å². The third-order valence-corrected chi connectivity index (χ3v) is 4.14. The van der Waals surface area contributed by atoms with E-state index in [4.69, 9.17) is 9.47 Å². The minimum Gasteiger partial charge on any atom is -0.454 e. The second kappa shape index (κ2) is 5.67. The minimum absolute atomic E-state index is 0.0784. The average Bonchev–Trinajstić information content (AvgIpc) is 3.21. The first-order valence-corrected chi connectivity index (χ1v) is 7.53. The highest BCUT2D eigenvalue weighted by Gasteiger charge is 2.32. The Balaban J connectivity index is 1.92. The smallest absolute Gasteiger partial charge is 0.231 e. The lowest BCUT2D eigenvalue weighted by molar-refractivity contribution is 0.104. The maximum absolute atomic E-state index is 12.8. The second-order valence-corrected chi connectivity index (χ2v) is 5.52. The van der Waals surface area contributed by atoms with E-state index in [0.717, 1.165) is 5.56 Å². The normalized spacial score (nSPS) is 15.7. The molecule has 0 fully saturated rings.